The van der Waals surface area contributed by atoms with Crippen molar-refractivity contribution in [2.24, 2.45) is 11.8 Å². The Morgan fingerprint density at radius 2 is 1.81 bits per heavy atom. The van der Waals surface area contributed by atoms with Crippen LogP contribution in [0.15, 0.2) is 36.8 Å². The normalized spacial score (nSPS) is 18.8. The van der Waals surface area contributed by atoms with Crippen LogP contribution in [-0.2, 0) is 11.3 Å². The fourth-order valence-corrected chi connectivity index (χ4v) is 6.39. The number of hydrogen-bond donors (Lipinski definition) is 0. The van der Waals surface area contributed by atoms with Crippen molar-refractivity contribution in [3.8, 4) is 11.1 Å². The highest BCUT2D eigenvalue weighted by Crippen LogP contribution is 2.30. The molecule has 1 saturated heterocycles. The van der Waals surface area contributed by atoms with Crippen LogP contribution in [0.5, 0.6) is 0 Å². The molecule has 1 aromatic carbocycles. The van der Waals surface area contributed by atoms with Crippen LogP contribution >= 0.6 is 28.4 Å². The van der Waals surface area contributed by atoms with Gasteiger partial charge in [0.1, 0.15) is 0 Å². The van der Waals surface area contributed by atoms with Gasteiger partial charge in [0.2, 0.25) is 5.91 Å². The van der Waals surface area contributed by atoms with Crippen LogP contribution in [0.1, 0.15) is 51.4 Å². The van der Waals surface area contributed by atoms with Gasteiger partial charge in [-0.25, -0.2) is 4.45 Å². The zero-order chi connectivity index (χ0) is 21.9. The molecule has 2 fully saturated rings. The minimum atomic E-state index is 0.388. The van der Waals surface area contributed by atoms with Gasteiger partial charge in [-0.1, -0.05) is 25.3 Å². The molecular weight excluding hydrogens is 532 g/mol. The number of piperidine rings is 1. The molecule has 0 N–H and O–H groups in total. The third kappa shape index (κ3) is 5.04. The van der Waals surface area contributed by atoms with Crippen LogP contribution in [0.4, 0.5) is 0 Å². The molecule has 1 atom stereocenters. The van der Waals surface area contributed by atoms with Gasteiger partial charge in [0, 0.05) is 43.2 Å². The fourth-order valence-electron chi connectivity index (χ4n) is 5.31. The molecule has 3 heterocycles. The van der Waals surface area contributed by atoms with E-state index in [0.29, 0.717) is 24.1 Å². The number of halogens is 1. The molecule has 0 bridgehead atoms. The fraction of sp³-hybridized carbons (Fsp3) is 0.542. The number of benzene rings is 1. The number of hydrogen-bond acceptors (Lipinski definition) is 3. The van der Waals surface area contributed by atoms with Gasteiger partial charge in [-0.3, -0.25) is 9.48 Å². The summed E-state index contributed by atoms with van der Waals surface area (Å²) in [5.41, 5.74) is 3.52. The first-order valence-electron chi connectivity index (χ1n) is 11.8. The number of likely N-dealkylation sites (tertiary alicyclic amines) is 1. The molecule has 5 rings (SSSR count). The molecule has 1 aliphatic heterocycles. The molecule has 3 aromatic rings. The van der Waals surface area contributed by atoms with Crippen molar-refractivity contribution in [2.75, 3.05) is 13.1 Å². The topological polar surface area (TPSA) is 56.0 Å². The highest BCUT2D eigenvalue weighted by Gasteiger charge is 2.26. The van der Waals surface area contributed by atoms with Crippen LogP contribution < -0.4 is 0 Å². The summed E-state index contributed by atoms with van der Waals surface area (Å²) in [5, 5.41) is 10.3. The van der Waals surface area contributed by atoms with Gasteiger partial charge >= 0.3 is 0 Å². The number of rotatable bonds is 6. The van der Waals surface area contributed by atoms with Crippen molar-refractivity contribution in [3.63, 3.8) is 0 Å². The molecule has 2 aromatic heterocycles. The van der Waals surface area contributed by atoms with Crippen molar-refractivity contribution in [1.82, 2.24) is 24.2 Å². The molecule has 0 spiro atoms. The van der Waals surface area contributed by atoms with E-state index in [1.54, 1.807) is 0 Å². The lowest BCUT2D eigenvalue weighted by Gasteiger charge is -2.33. The van der Waals surface area contributed by atoms with Crippen LogP contribution in [0.2, 0.25) is 0 Å². The summed E-state index contributed by atoms with van der Waals surface area (Å²) in [7, 11) is 0. The first-order chi connectivity index (χ1) is 15.7. The summed E-state index contributed by atoms with van der Waals surface area (Å²) in [6, 6.07) is 6.57. The highest BCUT2D eigenvalue weighted by atomic mass is 127. The van der Waals surface area contributed by atoms with Gasteiger partial charge in [-0.2, -0.15) is 10.2 Å². The first-order valence-corrected chi connectivity index (χ1v) is 15.9. The largest absolute Gasteiger partial charge is 0.343 e. The molecule has 1 amide bonds. The minimum Gasteiger partial charge on any atom is -0.343 e. The Bertz CT molecular complexity index is 1070. The number of amides is 1. The SMILES string of the molecule is O=C(CC1CCCCC1)N1CCC(Cn2ncc3cc(-c4cnn(PI)c4)ccc32)CC1. The van der Waals surface area contributed by atoms with E-state index < -0.39 is 0 Å². The van der Waals surface area contributed by atoms with E-state index in [2.05, 4.69) is 61.1 Å². The Kier molecular flexibility index (Phi) is 7.12. The van der Waals surface area contributed by atoms with Gasteiger partial charge in [0.15, 0.2) is 0 Å². The van der Waals surface area contributed by atoms with Crippen LogP contribution in [0.25, 0.3) is 22.0 Å². The van der Waals surface area contributed by atoms with Gasteiger partial charge in [0.05, 0.1) is 24.3 Å². The minimum absolute atomic E-state index is 0.388. The Morgan fingerprint density at radius 1 is 1.00 bits per heavy atom. The van der Waals surface area contributed by atoms with E-state index in [-0.39, 0.29) is 0 Å². The molecule has 1 unspecified atom stereocenters. The van der Waals surface area contributed by atoms with E-state index in [1.165, 1.54) is 48.6 Å². The van der Waals surface area contributed by atoms with Crippen LogP contribution in [-0.4, -0.2) is 43.2 Å². The second-order valence-corrected chi connectivity index (χ2v) is 11.5. The maximum absolute atomic E-state index is 12.7. The number of aromatic nitrogens is 4. The predicted octanol–water partition coefficient (Wildman–Crippen LogP) is 5.90. The second kappa shape index (κ2) is 10.2. The average Bonchev–Trinajstić information content (AvgIpc) is 3.47. The first kappa shape index (κ1) is 22.3. The Morgan fingerprint density at radius 3 is 2.56 bits per heavy atom. The monoisotopic (exact) mass is 563 g/mol. The van der Waals surface area contributed by atoms with Gasteiger partial charge < -0.3 is 4.90 Å². The Labute approximate surface area is 204 Å². The number of carbonyl (C=O) groups excluding carboxylic acids is 1. The van der Waals surface area contributed by atoms with E-state index in [1.807, 2.05) is 16.8 Å². The summed E-state index contributed by atoms with van der Waals surface area (Å²) >= 11 is 2.34. The van der Waals surface area contributed by atoms with Crippen LogP contribution in [0, 0.1) is 11.8 Å². The summed E-state index contributed by atoms with van der Waals surface area (Å²) in [6.07, 6.45) is 16.0. The maximum atomic E-state index is 12.7. The van der Waals surface area contributed by atoms with Gasteiger partial charge in [0.25, 0.3) is 0 Å². The molecular formula is C24H31IN5OP. The highest BCUT2D eigenvalue weighted by molar-refractivity contribution is 14.2. The molecule has 8 heteroatoms. The molecule has 170 valence electrons. The lowest BCUT2D eigenvalue weighted by molar-refractivity contribution is -0.133. The van der Waals surface area contributed by atoms with Crippen molar-refractivity contribution in [3.05, 3.63) is 36.8 Å². The number of nitrogens with zero attached hydrogens (tertiary/aromatic N) is 5. The van der Waals surface area contributed by atoms with E-state index in [0.717, 1.165) is 44.5 Å². The standard InChI is InChI=1S/C24H31IN5OP/c25-32-30-17-22(15-27-30)20-6-7-23-21(13-20)14-26-29(23)16-19-8-10-28(11-9-19)24(31)12-18-4-2-1-3-5-18/h6-7,13-15,17-19,32H,1-5,8-12,16H2. The predicted molar refractivity (Wildman–Crippen MR) is 139 cm³/mol. The second-order valence-electron chi connectivity index (χ2n) is 9.39. The number of carbonyl (C=O) groups is 1. The van der Waals surface area contributed by atoms with Gasteiger partial charge in [-0.15, -0.1) is 0 Å². The van der Waals surface area contributed by atoms with E-state index >= 15 is 0 Å². The quantitative estimate of drug-likeness (QED) is 0.277. The molecule has 0 radical (unpaired) electrons. The molecule has 1 saturated carbocycles. The number of fused-ring (bicyclic) bond motifs is 1. The summed E-state index contributed by atoms with van der Waals surface area (Å²) in [6.45, 7) is 2.74. The van der Waals surface area contributed by atoms with E-state index in [9.17, 15) is 4.79 Å². The van der Waals surface area contributed by atoms with Crippen LogP contribution in [0.3, 0.4) is 0 Å². The smallest absolute Gasteiger partial charge is 0.222 e. The van der Waals surface area contributed by atoms with Gasteiger partial charge in [-0.05, 0) is 77.3 Å². The zero-order valence-corrected chi connectivity index (χ0v) is 21.6. The van der Waals surface area contributed by atoms with Crippen molar-refractivity contribution >= 4 is 45.2 Å². The lowest BCUT2D eigenvalue weighted by atomic mass is 9.86. The Balaban J connectivity index is 1.18. The summed E-state index contributed by atoms with van der Waals surface area (Å²) in [4.78, 5) is 14.9. The average molecular weight is 563 g/mol. The molecule has 32 heavy (non-hydrogen) atoms. The zero-order valence-electron chi connectivity index (χ0n) is 18.4. The van der Waals surface area contributed by atoms with Crippen molar-refractivity contribution in [2.45, 2.75) is 57.9 Å². The molecule has 2 aliphatic rings. The van der Waals surface area contributed by atoms with E-state index in [4.69, 9.17) is 5.10 Å². The van der Waals surface area contributed by atoms with Crippen molar-refractivity contribution in [1.29, 1.82) is 0 Å². The molecule has 1 aliphatic carbocycles. The lowest BCUT2D eigenvalue weighted by Crippen LogP contribution is -2.40. The summed E-state index contributed by atoms with van der Waals surface area (Å²) in [5.74, 6) is 1.60. The molecule has 6 nitrogen and oxygen atoms in total. The van der Waals surface area contributed by atoms with Crippen molar-refractivity contribution < 1.29 is 4.79 Å². The third-order valence-corrected chi connectivity index (χ3v) is 9.13. The third-order valence-electron chi connectivity index (χ3n) is 7.23. The summed E-state index contributed by atoms with van der Waals surface area (Å²) < 4.78 is 4.12. The maximum Gasteiger partial charge on any atom is 0.222 e. The Hall–Kier alpha value is -1.47.